The third-order valence-electron chi connectivity index (χ3n) is 6.63. The van der Waals surface area contributed by atoms with Gasteiger partial charge in [-0.15, -0.1) is 12.4 Å². The summed E-state index contributed by atoms with van der Waals surface area (Å²) in [5.41, 5.74) is 9.82. The van der Waals surface area contributed by atoms with Crippen LogP contribution in [0.25, 0.3) is 0 Å². The molecule has 45 heavy (non-hydrogen) atoms. The highest BCUT2D eigenvalue weighted by molar-refractivity contribution is 7.79. The SMILES string of the molecule is Cl.Cn1cc(NC(=O)c2cc(NC(=O)c3cc(NC(=O)c4cc(NC=S)cn4C)cn3C)cn2C)cc1C(=O)NCCC(=N)N. The summed E-state index contributed by atoms with van der Waals surface area (Å²) in [6.45, 7) is 0.221. The molecule has 0 unspecified atom stereocenters. The van der Waals surface area contributed by atoms with E-state index in [-0.39, 0.29) is 54.4 Å². The lowest BCUT2D eigenvalue weighted by molar-refractivity contribution is 0.0944. The molecule has 0 aliphatic heterocycles. The average molecular weight is 656 g/mol. The van der Waals surface area contributed by atoms with E-state index in [1.165, 1.54) is 17.6 Å². The molecule has 4 aromatic rings. The van der Waals surface area contributed by atoms with Gasteiger partial charge < -0.3 is 50.6 Å². The molecule has 0 fully saturated rings. The van der Waals surface area contributed by atoms with Crippen LogP contribution in [0.15, 0.2) is 49.1 Å². The normalized spacial score (nSPS) is 10.4. The molecule has 238 valence electrons. The number of carbonyl (C=O) groups excluding carboxylic acids is 4. The van der Waals surface area contributed by atoms with Crippen molar-refractivity contribution in [3.05, 3.63) is 71.8 Å². The molecule has 0 aliphatic carbocycles. The molecule has 15 nitrogen and oxygen atoms in total. The molecular weight excluding hydrogens is 622 g/mol. The number of amides is 4. The molecule has 0 atom stereocenters. The number of thiocarbonyl (C=S) groups is 1. The minimum Gasteiger partial charge on any atom is -0.388 e. The summed E-state index contributed by atoms with van der Waals surface area (Å²) >= 11 is 4.79. The molecular formula is C28H34ClN11O4S. The second-order valence-corrected chi connectivity index (χ2v) is 10.3. The lowest BCUT2D eigenvalue weighted by Crippen LogP contribution is -2.28. The Hall–Kier alpha value is -5.35. The predicted octanol–water partition coefficient (Wildman–Crippen LogP) is 2.64. The van der Waals surface area contributed by atoms with E-state index in [0.717, 1.165) is 0 Å². The summed E-state index contributed by atoms with van der Waals surface area (Å²) in [6, 6.07) is 6.26. The largest absolute Gasteiger partial charge is 0.388 e. The van der Waals surface area contributed by atoms with Gasteiger partial charge in [0, 0.05) is 65.9 Å². The lowest BCUT2D eigenvalue weighted by Gasteiger charge is -2.04. The minimum atomic E-state index is -0.448. The van der Waals surface area contributed by atoms with Gasteiger partial charge in [0.25, 0.3) is 23.6 Å². The fraction of sp³-hybridized carbons (Fsp3) is 0.214. The Labute approximate surface area is 270 Å². The maximum absolute atomic E-state index is 13.1. The number of aromatic nitrogens is 4. The van der Waals surface area contributed by atoms with Gasteiger partial charge in [-0.05, 0) is 24.3 Å². The molecule has 4 aromatic heterocycles. The van der Waals surface area contributed by atoms with Gasteiger partial charge >= 0.3 is 0 Å². The van der Waals surface area contributed by atoms with Crippen LogP contribution >= 0.6 is 24.6 Å². The first-order valence-electron chi connectivity index (χ1n) is 13.3. The molecule has 0 saturated heterocycles. The fourth-order valence-corrected chi connectivity index (χ4v) is 4.64. The molecule has 4 rings (SSSR count). The van der Waals surface area contributed by atoms with Gasteiger partial charge in [0.15, 0.2) is 0 Å². The number of nitrogens with zero attached hydrogens (tertiary/aromatic N) is 4. The topological polar surface area (TPSA) is 198 Å². The number of nitrogens with one attached hydrogen (secondary N) is 6. The number of hydrogen-bond acceptors (Lipinski definition) is 6. The van der Waals surface area contributed by atoms with E-state index in [1.807, 2.05) is 0 Å². The van der Waals surface area contributed by atoms with Crippen LogP contribution in [0.5, 0.6) is 0 Å². The van der Waals surface area contributed by atoms with E-state index in [4.69, 9.17) is 23.4 Å². The first kappa shape index (κ1) is 34.1. The Bertz CT molecular complexity index is 1780. The quantitative estimate of drug-likeness (QED) is 0.0691. The second-order valence-electron chi connectivity index (χ2n) is 10.1. The summed E-state index contributed by atoms with van der Waals surface area (Å²) in [4.78, 5) is 51.4. The van der Waals surface area contributed by atoms with Crippen LogP contribution in [0.3, 0.4) is 0 Å². The molecule has 0 aliphatic rings. The standard InChI is InChI=1S/C28H33N11O4S.ClH/c1-36-11-16(32-15-44)7-21(36)26(41)34-18-9-23(38(3)13-18)28(43)35-19-10-22(39(4)14-19)27(42)33-17-8-20(37(2)12-17)25(40)31-6-5-24(29)30;/h7-15H,5-6H2,1-4H3,(H3,29,30)(H,31,40)(H,32,44)(H,33,42)(H,34,41)(H,35,43);1H. The lowest BCUT2D eigenvalue weighted by atomic mass is 10.3. The van der Waals surface area contributed by atoms with E-state index in [1.54, 1.807) is 83.4 Å². The van der Waals surface area contributed by atoms with Crippen molar-refractivity contribution in [2.45, 2.75) is 6.42 Å². The molecule has 8 N–H and O–H groups in total. The number of nitrogens with two attached hydrogens (primary N) is 1. The highest BCUT2D eigenvalue weighted by Gasteiger charge is 2.19. The summed E-state index contributed by atoms with van der Waals surface area (Å²) in [7, 11) is 6.74. The maximum atomic E-state index is 13.1. The Morgan fingerprint density at radius 1 is 0.689 bits per heavy atom. The number of hydrogen-bond donors (Lipinski definition) is 7. The molecule has 17 heteroatoms. The van der Waals surface area contributed by atoms with Crippen LogP contribution in [0.4, 0.5) is 22.7 Å². The predicted molar refractivity (Wildman–Crippen MR) is 179 cm³/mol. The maximum Gasteiger partial charge on any atom is 0.272 e. The molecule has 0 aromatic carbocycles. The second kappa shape index (κ2) is 14.4. The number of rotatable bonds is 12. The highest BCUT2D eigenvalue weighted by Crippen LogP contribution is 2.21. The van der Waals surface area contributed by atoms with Gasteiger partial charge in [0.2, 0.25) is 0 Å². The fourth-order valence-electron chi connectivity index (χ4n) is 4.50. The zero-order valence-electron chi connectivity index (χ0n) is 24.9. The van der Waals surface area contributed by atoms with Gasteiger partial charge in [-0.3, -0.25) is 24.6 Å². The summed E-state index contributed by atoms with van der Waals surface area (Å²) in [6.07, 6.45) is 6.77. The first-order chi connectivity index (χ1) is 20.9. The number of carbonyl (C=O) groups is 4. The zero-order valence-corrected chi connectivity index (χ0v) is 26.6. The Morgan fingerprint density at radius 2 is 1.02 bits per heavy atom. The molecule has 0 radical (unpaired) electrons. The van der Waals surface area contributed by atoms with Crippen molar-refractivity contribution in [3.8, 4) is 0 Å². The van der Waals surface area contributed by atoms with E-state index in [2.05, 4.69) is 26.6 Å². The number of aryl methyl sites for hydroxylation is 4. The van der Waals surface area contributed by atoms with Crippen LogP contribution in [-0.2, 0) is 28.2 Å². The molecule has 4 heterocycles. The molecule has 0 bridgehead atoms. The average Bonchev–Trinajstić information content (AvgIpc) is 3.69. The van der Waals surface area contributed by atoms with E-state index >= 15 is 0 Å². The van der Waals surface area contributed by atoms with E-state index in [9.17, 15) is 19.2 Å². The van der Waals surface area contributed by atoms with Gasteiger partial charge in [-0.25, -0.2) is 0 Å². The zero-order chi connectivity index (χ0) is 32.1. The van der Waals surface area contributed by atoms with Crippen LogP contribution < -0.4 is 32.3 Å². The monoisotopic (exact) mass is 655 g/mol. The molecule has 0 spiro atoms. The number of anilines is 4. The van der Waals surface area contributed by atoms with Crippen molar-refractivity contribution in [2.75, 3.05) is 27.8 Å². The van der Waals surface area contributed by atoms with Gasteiger partial charge in [-0.2, -0.15) is 0 Å². The van der Waals surface area contributed by atoms with Crippen LogP contribution in [-0.4, -0.2) is 59.8 Å². The Morgan fingerprint density at radius 3 is 1.38 bits per heavy atom. The van der Waals surface area contributed by atoms with Crippen molar-refractivity contribution < 1.29 is 19.2 Å². The van der Waals surface area contributed by atoms with E-state index < -0.39 is 11.8 Å². The van der Waals surface area contributed by atoms with Gasteiger partial charge in [-0.1, -0.05) is 12.2 Å². The highest BCUT2D eigenvalue weighted by atomic mass is 35.5. The van der Waals surface area contributed by atoms with Gasteiger partial charge in [0.05, 0.1) is 34.1 Å². The molecule has 0 saturated carbocycles. The van der Waals surface area contributed by atoms with Crippen LogP contribution in [0, 0.1) is 5.41 Å². The third kappa shape index (κ3) is 8.18. The molecule has 4 amide bonds. The van der Waals surface area contributed by atoms with E-state index in [0.29, 0.717) is 34.1 Å². The van der Waals surface area contributed by atoms with Crippen molar-refractivity contribution >= 4 is 82.3 Å². The van der Waals surface area contributed by atoms with Crippen LogP contribution in [0.1, 0.15) is 48.4 Å². The Kier molecular flexibility index (Phi) is 10.9. The van der Waals surface area contributed by atoms with Crippen molar-refractivity contribution in [1.29, 1.82) is 5.41 Å². The van der Waals surface area contributed by atoms with Gasteiger partial charge in [0.1, 0.15) is 22.8 Å². The summed E-state index contributed by atoms with van der Waals surface area (Å²) < 4.78 is 6.37. The van der Waals surface area contributed by atoms with Crippen molar-refractivity contribution in [2.24, 2.45) is 33.9 Å². The number of halogens is 1. The van der Waals surface area contributed by atoms with Crippen molar-refractivity contribution in [3.63, 3.8) is 0 Å². The smallest absolute Gasteiger partial charge is 0.272 e. The third-order valence-corrected chi connectivity index (χ3v) is 6.75. The summed E-state index contributed by atoms with van der Waals surface area (Å²) in [5.74, 6) is -1.65. The summed E-state index contributed by atoms with van der Waals surface area (Å²) in [5, 5.41) is 21.1. The first-order valence-corrected chi connectivity index (χ1v) is 13.7. The number of amidine groups is 1. The van der Waals surface area contributed by atoms with Crippen LogP contribution in [0.2, 0.25) is 0 Å². The van der Waals surface area contributed by atoms with Crippen molar-refractivity contribution in [1.82, 2.24) is 23.6 Å². The minimum absolute atomic E-state index is 0. The Balaban J connectivity index is 0.00000552.